The maximum absolute atomic E-state index is 13.8. The third-order valence-corrected chi connectivity index (χ3v) is 4.15. The van der Waals surface area contributed by atoms with Crippen LogP contribution in [-0.2, 0) is 0 Å². The highest BCUT2D eigenvalue weighted by atomic mass is 19.1. The molecule has 0 aliphatic carbocycles. The van der Waals surface area contributed by atoms with Gasteiger partial charge in [-0.2, -0.15) is 13.2 Å². The molecule has 0 aliphatic rings. The normalized spacial score (nSPS) is 10.5. The van der Waals surface area contributed by atoms with Crippen LogP contribution in [0.2, 0.25) is 0 Å². The smallest absolute Gasteiger partial charge is 0.306 e. The Hall–Kier alpha value is -4.55. The Bertz CT molecular complexity index is 1090. The highest BCUT2D eigenvalue weighted by Crippen LogP contribution is 2.40. The zero-order chi connectivity index (χ0) is 22.9. The van der Waals surface area contributed by atoms with Gasteiger partial charge in [-0.15, -0.1) is 0 Å². The highest BCUT2D eigenvalue weighted by Gasteiger charge is 2.25. The van der Waals surface area contributed by atoms with Crippen molar-refractivity contribution in [3.05, 3.63) is 102 Å². The maximum atomic E-state index is 13.8. The summed E-state index contributed by atoms with van der Waals surface area (Å²) < 4.78 is 41.4. The standard InChI is InChI=1S/C18H9F3N4O6/c19-13-4-1-10(7-16(13)23(26)27)22(11-2-5-14(20)17(8-11)24(28)29)12-3-6-15(21)18(9-12)25(30)31/h1-9H. The fraction of sp³-hybridized carbons (Fsp3) is 0. The summed E-state index contributed by atoms with van der Waals surface area (Å²) in [7, 11) is 0. The summed E-state index contributed by atoms with van der Waals surface area (Å²) in [5.41, 5.74) is -3.28. The fourth-order valence-corrected chi connectivity index (χ4v) is 2.79. The van der Waals surface area contributed by atoms with Crippen molar-refractivity contribution in [3.8, 4) is 0 Å². The van der Waals surface area contributed by atoms with E-state index in [-0.39, 0.29) is 17.1 Å². The van der Waals surface area contributed by atoms with Crippen LogP contribution in [0.1, 0.15) is 0 Å². The molecule has 0 spiro atoms. The van der Waals surface area contributed by atoms with E-state index >= 15 is 0 Å². The van der Waals surface area contributed by atoms with Gasteiger partial charge in [0, 0.05) is 18.2 Å². The van der Waals surface area contributed by atoms with E-state index in [0.29, 0.717) is 0 Å². The van der Waals surface area contributed by atoms with E-state index in [0.717, 1.165) is 59.5 Å². The van der Waals surface area contributed by atoms with E-state index < -0.39 is 49.3 Å². The van der Waals surface area contributed by atoms with Crippen molar-refractivity contribution < 1.29 is 27.9 Å². The van der Waals surface area contributed by atoms with Crippen molar-refractivity contribution in [1.82, 2.24) is 0 Å². The monoisotopic (exact) mass is 434 g/mol. The highest BCUT2D eigenvalue weighted by molar-refractivity contribution is 5.79. The Morgan fingerprint density at radius 2 is 0.806 bits per heavy atom. The third-order valence-electron chi connectivity index (χ3n) is 4.15. The number of halogens is 3. The van der Waals surface area contributed by atoms with Crippen LogP contribution in [0.4, 0.5) is 47.3 Å². The molecule has 0 unspecified atom stereocenters. The number of nitrogens with zero attached hydrogens (tertiary/aromatic N) is 4. The van der Waals surface area contributed by atoms with E-state index in [1.165, 1.54) is 0 Å². The van der Waals surface area contributed by atoms with Crippen LogP contribution in [0.25, 0.3) is 0 Å². The minimum absolute atomic E-state index is 0.144. The molecule has 0 amide bonds. The summed E-state index contributed by atoms with van der Waals surface area (Å²) in [5, 5.41) is 33.3. The number of rotatable bonds is 6. The predicted octanol–water partition coefficient (Wildman–Crippen LogP) is 5.30. The van der Waals surface area contributed by atoms with Crippen molar-refractivity contribution in [2.45, 2.75) is 0 Å². The SMILES string of the molecule is O=[N+]([O-])c1cc(N(c2ccc(F)c([N+](=O)[O-])c2)c2ccc(F)c([N+](=O)[O-])c2)ccc1F. The third kappa shape index (κ3) is 4.10. The molecule has 0 N–H and O–H groups in total. The first kappa shape index (κ1) is 21.2. The topological polar surface area (TPSA) is 133 Å². The summed E-state index contributed by atoms with van der Waals surface area (Å²) in [6.45, 7) is 0. The van der Waals surface area contributed by atoms with Gasteiger partial charge in [0.2, 0.25) is 17.5 Å². The number of hydrogen-bond acceptors (Lipinski definition) is 7. The van der Waals surface area contributed by atoms with Crippen molar-refractivity contribution in [2.24, 2.45) is 0 Å². The first-order valence-corrected chi connectivity index (χ1v) is 8.22. The second-order valence-electron chi connectivity index (χ2n) is 6.01. The molecule has 0 saturated carbocycles. The Balaban J connectivity index is 2.31. The fourth-order valence-electron chi connectivity index (χ4n) is 2.79. The molecule has 3 aromatic carbocycles. The van der Waals surface area contributed by atoms with Gasteiger partial charge in [-0.25, -0.2) is 0 Å². The van der Waals surface area contributed by atoms with Gasteiger partial charge in [-0.1, -0.05) is 0 Å². The Morgan fingerprint density at radius 1 is 0.548 bits per heavy atom. The van der Waals surface area contributed by atoms with Gasteiger partial charge in [0.1, 0.15) is 0 Å². The number of anilines is 3. The number of nitro groups is 3. The summed E-state index contributed by atoms with van der Waals surface area (Å²) in [5.74, 6) is -3.53. The van der Waals surface area contributed by atoms with Crippen LogP contribution in [-0.4, -0.2) is 14.8 Å². The molecule has 0 atom stereocenters. The van der Waals surface area contributed by atoms with Gasteiger partial charge in [0.05, 0.1) is 31.8 Å². The quantitative estimate of drug-likeness (QED) is 0.380. The summed E-state index contributed by atoms with van der Waals surface area (Å²) >= 11 is 0. The minimum atomic E-state index is -1.18. The zero-order valence-corrected chi connectivity index (χ0v) is 15.1. The molecule has 0 fully saturated rings. The molecular weight excluding hydrogens is 425 g/mol. The van der Waals surface area contributed by atoms with Crippen molar-refractivity contribution in [3.63, 3.8) is 0 Å². The molecule has 0 radical (unpaired) electrons. The van der Waals surface area contributed by atoms with Crippen LogP contribution in [0, 0.1) is 47.8 Å². The van der Waals surface area contributed by atoms with Crippen LogP contribution in [0.5, 0.6) is 0 Å². The molecule has 0 aliphatic heterocycles. The van der Waals surface area contributed by atoms with E-state index in [4.69, 9.17) is 0 Å². The van der Waals surface area contributed by atoms with E-state index in [2.05, 4.69) is 0 Å². The summed E-state index contributed by atoms with van der Waals surface area (Å²) in [6.07, 6.45) is 0. The van der Waals surface area contributed by atoms with E-state index in [1.807, 2.05) is 0 Å². The Kier molecular flexibility index (Phi) is 5.50. The lowest BCUT2D eigenvalue weighted by atomic mass is 10.1. The van der Waals surface area contributed by atoms with Crippen LogP contribution in [0.15, 0.2) is 54.6 Å². The molecule has 158 valence electrons. The maximum Gasteiger partial charge on any atom is 0.306 e. The van der Waals surface area contributed by atoms with Gasteiger partial charge < -0.3 is 4.90 Å². The molecule has 0 bridgehead atoms. The molecule has 0 heterocycles. The molecule has 0 aromatic heterocycles. The number of nitro benzene ring substituents is 3. The molecule has 0 saturated heterocycles. The van der Waals surface area contributed by atoms with Crippen LogP contribution >= 0.6 is 0 Å². The van der Waals surface area contributed by atoms with Gasteiger partial charge >= 0.3 is 17.1 Å². The second kappa shape index (κ2) is 8.06. The van der Waals surface area contributed by atoms with Gasteiger partial charge in [0.15, 0.2) is 0 Å². The van der Waals surface area contributed by atoms with Crippen LogP contribution in [0.3, 0.4) is 0 Å². The summed E-state index contributed by atoms with van der Waals surface area (Å²) in [4.78, 5) is 31.3. The molecular formula is C18H9F3N4O6. The lowest BCUT2D eigenvalue weighted by Crippen LogP contribution is -2.12. The molecule has 3 aromatic rings. The Labute approximate surface area is 170 Å². The van der Waals surface area contributed by atoms with Gasteiger partial charge in [0.25, 0.3) is 0 Å². The second-order valence-corrected chi connectivity index (χ2v) is 6.01. The van der Waals surface area contributed by atoms with Crippen molar-refractivity contribution in [2.75, 3.05) is 4.90 Å². The summed E-state index contributed by atoms with van der Waals surface area (Å²) in [6, 6.07) is 7.76. The molecule has 10 nitrogen and oxygen atoms in total. The molecule has 3 rings (SSSR count). The number of benzene rings is 3. The number of hydrogen-bond donors (Lipinski definition) is 0. The van der Waals surface area contributed by atoms with Crippen molar-refractivity contribution >= 4 is 34.1 Å². The lowest BCUT2D eigenvalue weighted by Gasteiger charge is -2.25. The van der Waals surface area contributed by atoms with Crippen LogP contribution < -0.4 is 4.90 Å². The minimum Gasteiger partial charge on any atom is -0.310 e. The first-order valence-electron chi connectivity index (χ1n) is 8.22. The first-order chi connectivity index (χ1) is 14.6. The molecule has 31 heavy (non-hydrogen) atoms. The largest absolute Gasteiger partial charge is 0.310 e. The zero-order valence-electron chi connectivity index (χ0n) is 15.1. The Morgan fingerprint density at radius 3 is 1.03 bits per heavy atom. The van der Waals surface area contributed by atoms with Crippen molar-refractivity contribution in [1.29, 1.82) is 0 Å². The average molecular weight is 434 g/mol. The average Bonchev–Trinajstić information content (AvgIpc) is 2.71. The molecule has 13 heteroatoms. The van der Waals surface area contributed by atoms with E-state index in [9.17, 15) is 43.5 Å². The lowest BCUT2D eigenvalue weighted by molar-refractivity contribution is -0.387. The van der Waals surface area contributed by atoms with Gasteiger partial charge in [-0.05, 0) is 36.4 Å². The van der Waals surface area contributed by atoms with Gasteiger partial charge in [-0.3, -0.25) is 30.3 Å². The van der Waals surface area contributed by atoms with E-state index in [1.54, 1.807) is 0 Å². The predicted molar refractivity (Wildman–Crippen MR) is 101 cm³/mol.